The molecule has 2 aromatic carbocycles. The lowest BCUT2D eigenvalue weighted by Crippen LogP contribution is -2.06. The Morgan fingerprint density at radius 3 is 2.20 bits per heavy atom. The van der Waals surface area contributed by atoms with Gasteiger partial charge in [-0.3, -0.25) is 4.79 Å². The molecule has 0 aliphatic rings. The van der Waals surface area contributed by atoms with E-state index in [1.807, 2.05) is 54.8 Å². The number of ether oxygens (including phenoxy) is 1. The number of carbonyl (C=O) groups excluding carboxylic acids is 1. The Morgan fingerprint density at radius 1 is 1.10 bits per heavy atom. The highest BCUT2D eigenvalue weighted by molar-refractivity contribution is 9.09. The van der Waals surface area contributed by atoms with Crippen molar-refractivity contribution in [2.45, 2.75) is 9.72 Å². The monoisotopic (exact) mass is 350 g/mol. The molecule has 104 valence electrons. The molecule has 0 aliphatic carbocycles. The maximum Gasteiger partial charge on any atom is 0.180 e. The molecule has 2 aromatic rings. The van der Waals surface area contributed by atoms with Crippen LogP contribution in [0.3, 0.4) is 0 Å². The number of carbonyl (C=O) groups is 1. The highest BCUT2D eigenvalue weighted by Crippen LogP contribution is 2.29. The van der Waals surface area contributed by atoms with E-state index in [9.17, 15) is 4.79 Å². The molecule has 0 fully saturated rings. The van der Waals surface area contributed by atoms with Crippen LogP contribution in [0.1, 0.15) is 20.7 Å². The van der Waals surface area contributed by atoms with E-state index in [-0.39, 0.29) is 10.6 Å². The van der Waals surface area contributed by atoms with Gasteiger partial charge in [-0.15, -0.1) is 11.8 Å². The van der Waals surface area contributed by atoms with Crippen molar-refractivity contribution >= 4 is 33.5 Å². The topological polar surface area (TPSA) is 26.3 Å². The number of ketones is 1. The van der Waals surface area contributed by atoms with E-state index >= 15 is 0 Å². The molecule has 0 radical (unpaired) electrons. The van der Waals surface area contributed by atoms with Crippen molar-refractivity contribution in [3.63, 3.8) is 0 Å². The van der Waals surface area contributed by atoms with Crippen molar-refractivity contribution in [2.24, 2.45) is 0 Å². The highest BCUT2D eigenvalue weighted by atomic mass is 79.9. The van der Waals surface area contributed by atoms with Crippen LogP contribution in [0.5, 0.6) is 5.75 Å². The minimum absolute atomic E-state index is 0.0582. The quantitative estimate of drug-likeness (QED) is 0.442. The van der Waals surface area contributed by atoms with Gasteiger partial charge in [0, 0.05) is 10.5 Å². The summed E-state index contributed by atoms with van der Waals surface area (Å²) in [5.41, 5.74) is 1.63. The number of benzene rings is 2. The fourth-order valence-electron chi connectivity index (χ4n) is 1.83. The van der Waals surface area contributed by atoms with E-state index in [0.29, 0.717) is 5.56 Å². The Hall–Kier alpha value is -1.26. The molecule has 0 N–H and O–H groups in total. The first-order valence-electron chi connectivity index (χ1n) is 6.12. The molecule has 0 aromatic heterocycles. The summed E-state index contributed by atoms with van der Waals surface area (Å²) in [6.45, 7) is 0. The first-order chi connectivity index (χ1) is 9.65. The zero-order valence-electron chi connectivity index (χ0n) is 11.3. The van der Waals surface area contributed by atoms with Gasteiger partial charge in [0.2, 0.25) is 0 Å². The molecule has 0 aliphatic heterocycles. The van der Waals surface area contributed by atoms with Crippen molar-refractivity contribution < 1.29 is 9.53 Å². The zero-order valence-corrected chi connectivity index (χ0v) is 13.7. The minimum atomic E-state index is -0.339. The molecule has 0 saturated carbocycles. The van der Waals surface area contributed by atoms with Crippen LogP contribution in [0, 0.1) is 0 Å². The van der Waals surface area contributed by atoms with Gasteiger partial charge in [0.1, 0.15) is 10.6 Å². The van der Waals surface area contributed by atoms with Gasteiger partial charge in [0.15, 0.2) is 5.78 Å². The lowest BCUT2D eigenvalue weighted by molar-refractivity contribution is 0.0991. The Labute approximate surface area is 131 Å². The second-order valence-corrected chi connectivity index (χ2v) is 6.02. The predicted octanol–water partition coefficient (Wildman–Crippen LogP) is 4.74. The maximum atomic E-state index is 12.4. The molecule has 0 spiro atoms. The Bertz CT molecular complexity index is 578. The zero-order chi connectivity index (χ0) is 14.5. The lowest BCUT2D eigenvalue weighted by atomic mass is 10.0. The normalized spacial score (nSPS) is 11.9. The summed E-state index contributed by atoms with van der Waals surface area (Å²) < 4.78 is 5.12. The third kappa shape index (κ3) is 3.44. The van der Waals surface area contributed by atoms with Crippen LogP contribution in [0.4, 0.5) is 0 Å². The summed E-state index contributed by atoms with van der Waals surface area (Å²) in [6.07, 6.45) is 2.02. The molecule has 2 rings (SSSR count). The predicted molar refractivity (Wildman–Crippen MR) is 87.2 cm³/mol. The van der Waals surface area contributed by atoms with E-state index in [2.05, 4.69) is 15.9 Å². The Morgan fingerprint density at radius 2 is 1.70 bits per heavy atom. The molecule has 0 saturated heterocycles. The number of rotatable bonds is 5. The number of hydrogen-bond donors (Lipinski definition) is 0. The number of alkyl halides is 1. The molecule has 4 heteroatoms. The van der Waals surface area contributed by atoms with E-state index in [1.54, 1.807) is 18.9 Å². The second kappa shape index (κ2) is 6.95. The summed E-state index contributed by atoms with van der Waals surface area (Å²) in [6, 6.07) is 15.2. The van der Waals surface area contributed by atoms with Crippen LogP contribution in [0.25, 0.3) is 0 Å². The largest absolute Gasteiger partial charge is 0.497 e. The fraction of sp³-hybridized carbons (Fsp3) is 0.188. The Kier molecular flexibility index (Phi) is 5.26. The molecule has 0 heterocycles. The van der Waals surface area contributed by atoms with Crippen molar-refractivity contribution in [2.75, 3.05) is 13.4 Å². The van der Waals surface area contributed by atoms with Gasteiger partial charge >= 0.3 is 0 Å². The molecular weight excluding hydrogens is 336 g/mol. The van der Waals surface area contributed by atoms with Gasteiger partial charge in [-0.1, -0.05) is 40.2 Å². The summed E-state index contributed by atoms with van der Waals surface area (Å²) in [5.74, 6) is 0.841. The van der Waals surface area contributed by atoms with Crippen LogP contribution in [0.2, 0.25) is 0 Å². The number of methoxy groups -OCH3 is 1. The van der Waals surface area contributed by atoms with Crippen LogP contribution in [-0.4, -0.2) is 19.1 Å². The van der Waals surface area contributed by atoms with Crippen molar-refractivity contribution in [3.8, 4) is 5.75 Å². The van der Waals surface area contributed by atoms with E-state index in [1.165, 1.54) is 0 Å². The standard InChI is InChI=1S/C16H15BrO2S/c1-19-13-7-3-11(4-8-13)15(17)16(18)12-5-9-14(20-2)10-6-12/h3-10,15H,1-2H3. The summed E-state index contributed by atoms with van der Waals surface area (Å²) >= 11 is 5.14. The lowest BCUT2D eigenvalue weighted by Gasteiger charge is -2.10. The maximum absolute atomic E-state index is 12.4. The molecule has 0 bridgehead atoms. The van der Waals surface area contributed by atoms with Crippen LogP contribution < -0.4 is 4.74 Å². The highest BCUT2D eigenvalue weighted by Gasteiger charge is 2.18. The summed E-state index contributed by atoms with van der Waals surface area (Å²) in [5, 5.41) is 0. The van der Waals surface area contributed by atoms with Gasteiger partial charge in [0.05, 0.1) is 7.11 Å². The minimum Gasteiger partial charge on any atom is -0.497 e. The first-order valence-corrected chi connectivity index (χ1v) is 8.26. The average Bonchev–Trinajstić information content (AvgIpc) is 2.53. The van der Waals surface area contributed by atoms with Gasteiger partial charge in [0.25, 0.3) is 0 Å². The van der Waals surface area contributed by atoms with Crippen molar-refractivity contribution in [1.29, 1.82) is 0 Å². The molecule has 1 atom stereocenters. The summed E-state index contributed by atoms with van der Waals surface area (Å²) in [7, 11) is 1.62. The number of halogens is 1. The van der Waals surface area contributed by atoms with Crippen LogP contribution in [-0.2, 0) is 0 Å². The smallest absolute Gasteiger partial charge is 0.180 e. The molecule has 0 amide bonds. The third-order valence-corrected chi connectivity index (χ3v) is 4.70. The van der Waals surface area contributed by atoms with Gasteiger partial charge in [-0.05, 0) is 36.1 Å². The van der Waals surface area contributed by atoms with Crippen molar-refractivity contribution in [1.82, 2.24) is 0 Å². The molecule has 1 unspecified atom stereocenters. The number of hydrogen-bond acceptors (Lipinski definition) is 3. The second-order valence-electron chi connectivity index (χ2n) is 4.23. The van der Waals surface area contributed by atoms with E-state index < -0.39 is 0 Å². The van der Waals surface area contributed by atoms with Gasteiger partial charge < -0.3 is 4.74 Å². The molecule has 2 nitrogen and oxygen atoms in total. The number of thioether (sulfide) groups is 1. The van der Waals surface area contributed by atoms with E-state index in [4.69, 9.17) is 4.74 Å². The molecular formula is C16H15BrO2S. The first kappa shape index (κ1) is 15.1. The number of Topliss-reactive ketones (excluding diaryl/α,β-unsaturated/α-hetero) is 1. The third-order valence-electron chi connectivity index (χ3n) is 3.01. The average molecular weight is 351 g/mol. The fourth-order valence-corrected chi connectivity index (χ4v) is 2.80. The van der Waals surface area contributed by atoms with Gasteiger partial charge in [-0.25, -0.2) is 0 Å². The van der Waals surface area contributed by atoms with Crippen LogP contribution in [0.15, 0.2) is 53.4 Å². The van der Waals surface area contributed by atoms with Crippen molar-refractivity contribution in [3.05, 3.63) is 59.7 Å². The van der Waals surface area contributed by atoms with Crippen LogP contribution >= 0.6 is 27.7 Å². The Balaban J connectivity index is 2.17. The summed E-state index contributed by atoms with van der Waals surface area (Å²) in [4.78, 5) is 13.2. The SMILES string of the molecule is COc1ccc(C(Br)C(=O)c2ccc(SC)cc2)cc1. The van der Waals surface area contributed by atoms with Gasteiger partial charge in [-0.2, -0.15) is 0 Å². The molecule has 20 heavy (non-hydrogen) atoms. The van der Waals surface area contributed by atoms with E-state index in [0.717, 1.165) is 16.2 Å².